The average molecular weight is 470 g/mol. The highest BCUT2D eigenvalue weighted by Crippen LogP contribution is 2.42. The van der Waals surface area contributed by atoms with Gasteiger partial charge in [0.05, 0.1) is 17.7 Å². The summed E-state index contributed by atoms with van der Waals surface area (Å²) in [5, 5.41) is 22.4. The standard InChI is InChI=1S/C20H13Cl2N7O3/c1-32-19(31)10-4-2-9(3-5-10)17-14-15(12-7-6-11(21)8-13(12)22)24-25-18(30)16(14)23-20-26-27-28-29(17)20/h2-8,17H,1H3,(H,25,30)(H,23,26,28)/t17-/m0/s1. The summed E-state index contributed by atoms with van der Waals surface area (Å²) in [6, 6.07) is 11.1. The number of rotatable bonds is 3. The number of benzene rings is 2. The van der Waals surface area contributed by atoms with Crippen LogP contribution in [0.2, 0.25) is 10.0 Å². The molecule has 0 bridgehead atoms. The lowest BCUT2D eigenvalue weighted by atomic mass is 9.92. The molecule has 160 valence electrons. The number of tetrazole rings is 1. The van der Waals surface area contributed by atoms with E-state index in [9.17, 15) is 9.59 Å². The number of aromatic amines is 1. The predicted octanol–water partition coefficient (Wildman–Crippen LogP) is 3.21. The molecule has 1 atom stereocenters. The van der Waals surface area contributed by atoms with Gasteiger partial charge in [-0.1, -0.05) is 40.4 Å². The Morgan fingerprint density at radius 1 is 1.16 bits per heavy atom. The van der Waals surface area contributed by atoms with Crippen LogP contribution in [0.15, 0.2) is 47.3 Å². The van der Waals surface area contributed by atoms with Crippen LogP contribution < -0.4 is 10.9 Å². The average Bonchev–Trinajstić information content (AvgIpc) is 3.27. The smallest absolute Gasteiger partial charge is 0.337 e. The summed E-state index contributed by atoms with van der Waals surface area (Å²) in [6.07, 6.45) is 0. The second kappa shape index (κ2) is 7.74. The van der Waals surface area contributed by atoms with Crippen molar-refractivity contribution in [1.82, 2.24) is 30.4 Å². The molecule has 5 rings (SSSR count). The van der Waals surface area contributed by atoms with Crippen LogP contribution in [0.1, 0.15) is 27.5 Å². The molecule has 0 saturated carbocycles. The first-order valence-electron chi connectivity index (χ1n) is 9.29. The van der Waals surface area contributed by atoms with Crippen LogP contribution in [0.25, 0.3) is 11.3 Å². The molecule has 10 nitrogen and oxygen atoms in total. The summed E-state index contributed by atoms with van der Waals surface area (Å²) in [5.41, 5.74) is 2.41. The zero-order chi connectivity index (χ0) is 22.4. The number of hydrogen-bond donors (Lipinski definition) is 2. The highest BCUT2D eigenvalue weighted by molar-refractivity contribution is 6.36. The quantitative estimate of drug-likeness (QED) is 0.385. The Morgan fingerprint density at radius 2 is 1.94 bits per heavy atom. The van der Waals surface area contributed by atoms with E-state index in [2.05, 4.69) is 31.0 Å². The maximum absolute atomic E-state index is 12.7. The van der Waals surface area contributed by atoms with Gasteiger partial charge in [0.15, 0.2) is 0 Å². The van der Waals surface area contributed by atoms with Crippen LogP contribution in [-0.4, -0.2) is 43.5 Å². The Bertz CT molecular complexity index is 1420. The molecular weight excluding hydrogens is 457 g/mol. The molecule has 32 heavy (non-hydrogen) atoms. The van der Waals surface area contributed by atoms with Crippen molar-refractivity contribution in [2.45, 2.75) is 6.04 Å². The second-order valence-electron chi connectivity index (χ2n) is 6.90. The van der Waals surface area contributed by atoms with E-state index >= 15 is 0 Å². The van der Waals surface area contributed by atoms with E-state index in [4.69, 9.17) is 27.9 Å². The number of anilines is 2. The monoisotopic (exact) mass is 469 g/mol. The van der Waals surface area contributed by atoms with E-state index in [1.165, 1.54) is 11.8 Å². The molecule has 12 heteroatoms. The number of carbonyl (C=O) groups excluding carboxylic acids is 1. The Balaban J connectivity index is 1.76. The fourth-order valence-electron chi connectivity index (χ4n) is 3.65. The molecule has 4 aromatic rings. The van der Waals surface area contributed by atoms with Crippen molar-refractivity contribution in [3.8, 4) is 11.3 Å². The van der Waals surface area contributed by atoms with Crippen molar-refractivity contribution < 1.29 is 9.53 Å². The van der Waals surface area contributed by atoms with Gasteiger partial charge in [0.2, 0.25) is 5.95 Å². The number of esters is 1. The van der Waals surface area contributed by atoms with Gasteiger partial charge in [-0.25, -0.2) is 9.89 Å². The Kier molecular flexibility index (Phi) is 4.87. The molecule has 0 radical (unpaired) electrons. The lowest BCUT2D eigenvalue weighted by Gasteiger charge is -2.28. The number of H-pyrrole nitrogens is 1. The molecule has 2 aromatic heterocycles. The number of nitrogens with one attached hydrogen (secondary N) is 2. The van der Waals surface area contributed by atoms with E-state index in [1.54, 1.807) is 42.5 Å². The largest absolute Gasteiger partial charge is 0.465 e. The Morgan fingerprint density at radius 3 is 2.66 bits per heavy atom. The molecule has 1 aliphatic heterocycles. The van der Waals surface area contributed by atoms with Gasteiger partial charge in [-0.05, 0) is 46.3 Å². The van der Waals surface area contributed by atoms with Gasteiger partial charge in [-0.15, -0.1) is 0 Å². The van der Waals surface area contributed by atoms with Crippen molar-refractivity contribution >= 4 is 40.8 Å². The van der Waals surface area contributed by atoms with Gasteiger partial charge in [-0.2, -0.15) is 9.78 Å². The lowest BCUT2D eigenvalue weighted by Crippen LogP contribution is -2.29. The molecule has 0 amide bonds. The number of fused-ring (bicyclic) bond motifs is 2. The number of aromatic nitrogens is 6. The second-order valence-corrected chi connectivity index (χ2v) is 7.75. The van der Waals surface area contributed by atoms with E-state index in [-0.39, 0.29) is 11.6 Å². The molecular formula is C20H13Cl2N7O3. The molecule has 1 aliphatic rings. The van der Waals surface area contributed by atoms with Gasteiger partial charge in [0, 0.05) is 16.1 Å². The maximum atomic E-state index is 12.7. The first kappa shape index (κ1) is 20.2. The fourth-order valence-corrected chi connectivity index (χ4v) is 4.15. The highest BCUT2D eigenvalue weighted by Gasteiger charge is 2.34. The lowest BCUT2D eigenvalue weighted by molar-refractivity contribution is 0.0600. The van der Waals surface area contributed by atoms with E-state index in [1.807, 2.05) is 0 Å². The molecule has 0 saturated heterocycles. The highest BCUT2D eigenvalue weighted by atomic mass is 35.5. The normalized spacial score (nSPS) is 14.3. The number of carbonyl (C=O) groups is 1. The molecule has 0 unspecified atom stereocenters. The summed E-state index contributed by atoms with van der Waals surface area (Å²) < 4.78 is 6.30. The van der Waals surface area contributed by atoms with Crippen LogP contribution in [0.4, 0.5) is 11.6 Å². The summed E-state index contributed by atoms with van der Waals surface area (Å²) in [6.45, 7) is 0. The van der Waals surface area contributed by atoms with Crippen LogP contribution >= 0.6 is 23.2 Å². The SMILES string of the molecule is COC(=O)c1ccc([C@H]2c3c(-c4ccc(Cl)cc4Cl)n[nH]c(=O)c3Nc3nnnn32)cc1. The number of methoxy groups -OCH3 is 1. The first-order chi connectivity index (χ1) is 15.5. The summed E-state index contributed by atoms with van der Waals surface area (Å²) in [5.74, 6) is -0.179. The minimum atomic E-state index is -0.625. The van der Waals surface area contributed by atoms with Crippen molar-refractivity contribution in [3.63, 3.8) is 0 Å². The third kappa shape index (κ3) is 3.20. The Hall–Kier alpha value is -3.76. The minimum Gasteiger partial charge on any atom is -0.465 e. The zero-order valence-electron chi connectivity index (χ0n) is 16.3. The molecule has 3 heterocycles. The van der Waals surface area contributed by atoms with Crippen LogP contribution in [-0.2, 0) is 4.74 Å². The van der Waals surface area contributed by atoms with Crippen molar-refractivity contribution in [3.05, 3.63) is 79.6 Å². The molecule has 2 N–H and O–H groups in total. The van der Waals surface area contributed by atoms with Crippen molar-refractivity contribution in [2.75, 3.05) is 12.4 Å². The van der Waals surface area contributed by atoms with Gasteiger partial charge in [0.25, 0.3) is 5.56 Å². The summed E-state index contributed by atoms with van der Waals surface area (Å²) in [4.78, 5) is 24.6. The fraction of sp³-hybridized carbons (Fsp3) is 0.100. The van der Waals surface area contributed by atoms with Crippen LogP contribution in [0, 0.1) is 0 Å². The van der Waals surface area contributed by atoms with Crippen molar-refractivity contribution in [1.29, 1.82) is 0 Å². The topological polar surface area (TPSA) is 128 Å². The third-order valence-electron chi connectivity index (χ3n) is 5.10. The Labute approximate surface area is 190 Å². The molecule has 0 spiro atoms. The molecule has 0 aliphatic carbocycles. The zero-order valence-corrected chi connectivity index (χ0v) is 17.8. The van der Waals surface area contributed by atoms with Crippen LogP contribution in [0.5, 0.6) is 0 Å². The predicted molar refractivity (Wildman–Crippen MR) is 116 cm³/mol. The number of nitrogens with zero attached hydrogens (tertiary/aromatic N) is 5. The van der Waals surface area contributed by atoms with E-state index in [0.29, 0.717) is 38.0 Å². The number of ether oxygens (including phenoxy) is 1. The number of halogens is 2. The summed E-state index contributed by atoms with van der Waals surface area (Å²) >= 11 is 12.5. The van der Waals surface area contributed by atoms with Gasteiger partial charge < -0.3 is 10.1 Å². The van der Waals surface area contributed by atoms with Crippen molar-refractivity contribution in [2.24, 2.45) is 0 Å². The van der Waals surface area contributed by atoms with Gasteiger partial charge >= 0.3 is 5.97 Å². The number of hydrogen-bond acceptors (Lipinski definition) is 8. The van der Waals surface area contributed by atoms with E-state index in [0.717, 1.165) is 0 Å². The van der Waals surface area contributed by atoms with Gasteiger partial charge in [-0.3, -0.25) is 4.79 Å². The van der Waals surface area contributed by atoms with Gasteiger partial charge in [0.1, 0.15) is 17.4 Å². The minimum absolute atomic E-state index is 0.241. The third-order valence-corrected chi connectivity index (χ3v) is 5.65. The summed E-state index contributed by atoms with van der Waals surface area (Å²) in [7, 11) is 1.31. The molecule has 0 fully saturated rings. The molecule has 2 aromatic carbocycles. The van der Waals surface area contributed by atoms with Crippen LogP contribution in [0.3, 0.4) is 0 Å². The van der Waals surface area contributed by atoms with E-state index < -0.39 is 17.6 Å². The first-order valence-corrected chi connectivity index (χ1v) is 10.0. The maximum Gasteiger partial charge on any atom is 0.337 e.